The van der Waals surface area contributed by atoms with Gasteiger partial charge in [0.05, 0.1) is 12.7 Å². The van der Waals surface area contributed by atoms with Crippen molar-refractivity contribution in [1.82, 2.24) is 20.4 Å². The van der Waals surface area contributed by atoms with Gasteiger partial charge in [0.2, 0.25) is 5.91 Å². The van der Waals surface area contributed by atoms with Crippen LogP contribution in [-0.2, 0) is 11.3 Å². The number of aromatic nitrogens is 3. The zero-order valence-electron chi connectivity index (χ0n) is 12.1. The van der Waals surface area contributed by atoms with Gasteiger partial charge < -0.3 is 0 Å². The monoisotopic (exact) mass is 295 g/mol. The average Bonchev–Trinajstić information content (AvgIpc) is 3.30. The van der Waals surface area contributed by atoms with Gasteiger partial charge >= 0.3 is 0 Å². The van der Waals surface area contributed by atoms with Crippen molar-refractivity contribution < 1.29 is 4.79 Å². The van der Waals surface area contributed by atoms with Gasteiger partial charge in [0.25, 0.3) is 0 Å². The van der Waals surface area contributed by atoms with Crippen LogP contribution in [0.1, 0.15) is 24.1 Å². The van der Waals surface area contributed by atoms with Crippen LogP contribution >= 0.6 is 0 Å². The number of nitrogens with one attached hydrogen (secondary N) is 1. The molecule has 1 saturated carbocycles. The first-order valence-electron chi connectivity index (χ1n) is 7.25. The topological polar surface area (TPSA) is 72.2 Å². The van der Waals surface area contributed by atoms with Crippen molar-refractivity contribution in [3.05, 3.63) is 53.9 Å². The summed E-state index contributed by atoms with van der Waals surface area (Å²) in [5.74, 6) is 0.164. The van der Waals surface area contributed by atoms with Crippen molar-refractivity contribution in [3.63, 3.8) is 0 Å². The van der Waals surface area contributed by atoms with Crippen molar-refractivity contribution in [3.8, 4) is 0 Å². The number of rotatable bonds is 6. The molecule has 0 aliphatic heterocycles. The van der Waals surface area contributed by atoms with Crippen molar-refractivity contribution in [2.75, 3.05) is 0 Å². The van der Waals surface area contributed by atoms with Crippen molar-refractivity contribution in [1.29, 1.82) is 0 Å². The van der Waals surface area contributed by atoms with Crippen molar-refractivity contribution in [2.24, 2.45) is 11.0 Å². The number of benzene rings is 1. The summed E-state index contributed by atoms with van der Waals surface area (Å²) in [6, 6.07) is 10.1. The van der Waals surface area contributed by atoms with Gasteiger partial charge in [0, 0.05) is 12.1 Å². The lowest BCUT2D eigenvalue weighted by atomic mass is 10.2. The van der Waals surface area contributed by atoms with E-state index in [9.17, 15) is 4.79 Å². The van der Waals surface area contributed by atoms with Crippen LogP contribution in [-0.4, -0.2) is 27.1 Å². The quantitative estimate of drug-likeness (QED) is 0.653. The number of nitrogens with zero attached hydrogens (tertiary/aromatic N) is 4. The summed E-state index contributed by atoms with van der Waals surface area (Å²) in [7, 11) is 0. The molecule has 6 heteroatoms. The number of hydrogen-bond donors (Lipinski definition) is 1. The molecule has 22 heavy (non-hydrogen) atoms. The Morgan fingerprint density at radius 3 is 2.95 bits per heavy atom. The molecular formula is C16H17N5O. The summed E-state index contributed by atoms with van der Waals surface area (Å²) in [6.45, 7) is 0.688. The van der Waals surface area contributed by atoms with E-state index in [1.807, 2.05) is 36.5 Å². The van der Waals surface area contributed by atoms with E-state index in [1.54, 1.807) is 16.8 Å². The summed E-state index contributed by atoms with van der Waals surface area (Å²) >= 11 is 0. The molecule has 1 N–H and O–H groups in total. The maximum atomic E-state index is 11.3. The highest BCUT2D eigenvalue weighted by Crippen LogP contribution is 2.28. The van der Waals surface area contributed by atoms with Crippen LogP contribution < -0.4 is 5.43 Å². The molecule has 0 bridgehead atoms. The molecule has 0 atom stereocenters. The molecule has 1 amide bonds. The maximum Gasteiger partial charge on any atom is 0.243 e. The van der Waals surface area contributed by atoms with Gasteiger partial charge in [-0.1, -0.05) is 35.5 Å². The second-order valence-corrected chi connectivity index (χ2v) is 5.21. The van der Waals surface area contributed by atoms with Gasteiger partial charge in [-0.05, 0) is 30.6 Å². The first-order valence-corrected chi connectivity index (χ1v) is 7.25. The second-order valence-electron chi connectivity index (χ2n) is 5.21. The first-order chi connectivity index (χ1) is 10.8. The van der Waals surface area contributed by atoms with Gasteiger partial charge in [-0.2, -0.15) is 5.10 Å². The van der Waals surface area contributed by atoms with Gasteiger partial charge in [-0.15, -0.1) is 5.10 Å². The summed E-state index contributed by atoms with van der Waals surface area (Å²) in [4.78, 5) is 11.3. The zero-order valence-corrected chi connectivity index (χ0v) is 12.1. The minimum Gasteiger partial charge on any atom is -0.273 e. The SMILES string of the molecule is O=C(N/N=C\C=C\c1cn(Cc2ccccc2)nn1)C1CC1. The third kappa shape index (κ3) is 4.12. The minimum atomic E-state index is -0.00143. The highest BCUT2D eigenvalue weighted by atomic mass is 16.2. The predicted molar refractivity (Wildman–Crippen MR) is 84.0 cm³/mol. The van der Waals surface area contributed by atoms with Crippen LogP contribution in [0.15, 0.2) is 47.7 Å². The third-order valence-corrected chi connectivity index (χ3v) is 3.29. The van der Waals surface area contributed by atoms with E-state index in [-0.39, 0.29) is 11.8 Å². The Bertz CT molecular complexity index is 686. The Morgan fingerprint density at radius 1 is 1.36 bits per heavy atom. The number of carbonyl (C=O) groups excluding carboxylic acids is 1. The minimum absolute atomic E-state index is 0.00143. The lowest BCUT2D eigenvalue weighted by Gasteiger charge is -1.98. The van der Waals surface area contributed by atoms with Gasteiger partial charge in [-0.3, -0.25) is 4.79 Å². The van der Waals surface area contributed by atoms with E-state index in [0.29, 0.717) is 6.54 Å². The second kappa shape index (κ2) is 6.80. The Hall–Kier alpha value is -2.76. The summed E-state index contributed by atoms with van der Waals surface area (Å²) in [6.07, 6.45) is 8.87. The predicted octanol–water partition coefficient (Wildman–Crippen LogP) is 1.85. The fraction of sp³-hybridized carbons (Fsp3) is 0.250. The van der Waals surface area contributed by atoms with Crippen LogP contribution in [0.25, 0.3) is 6.08 Å². The molecule has 112 valence electrons. The average molecular weight is 295 g/mol. The number of hydrogen-bond acceptors (Lipinski definition) is 4. The highest BCUT2D eigenvalue weighted by molar-refractivity contribution is 5.83. The molecule has 1 aliphatic rings. The van der Waals surface area contributed by atoms with Crippen LogP contribution in [0.3, 0.4) is 0 Å². The van der Waals surface area contributed by atoms with Crippen molar-refractivity contribution in [2.45, 2.75) is 19.4 Å². The number of carbonyl (C=O) groups is 1. The standard InChI is InChI=1S/C16H17N5O/c22-16(14-8-9-14)19-17-10-4-7-15-12-21(20-18-15)11-13-5-2-1-3-6-13/h1-7,10,12,14H,8-9,11H2,(H,19,22)/b7-4+,17-10-. The molecule has 1 fully saturated rings. The molecule has 1 aliphatic carbocycles. The molecule has 1 aromatic heterocycles. The normalized spacial score (nSPS) is 14.7. The van der Waals surface area contributed by atoms with Crippen molar-refractivity contribution >= 4 is 18.2 Å². The molecular weight excluding hydrogens is 278 g/mol. The molecule has 0 radical (unpaired) electrons. The number of hydrazone groups is 1. The molecule has 0 unspecified atom stereocenters. The molecule has 0 spiro atoms. The Labute approximate surface area is 128 Å². The number of amides is 1. The fourth-order valence-corrected chi connectivity index (χ4v) is 1.96. The van der Waals surface area contributed by atoms with Gasteiger partial charge in [-0.25, -0.2) is 10.1 Å². The van der Waals surface area contributed by atoms with Gasteiger partial charge in [0.15, 0.2) is 0 Å². The zero-order chi connectivity index (χ0) is 15.2. The Balaban J connectivity index is 1.49. The van der Waals surface area contributed by atoms with Crippen LogP contribution in [0.2, 0.25) is 0 Å². The van der Waals surface area contributed by atoms with E-state index in [4.69, 9.17) is 0 Å². The number of allylic oxidation sites excluding steroid dienone is 1. The maximum absolute atomic E-state index is 11.3. The van der Waals surface area contributed by atoms with E-state index >= 15 is 0 Å². The molecule has 6 nitrogen and oxygen atoms in total. The lowest BCUT2D eigenvalue weighted by molar-refractivity contribution is -0.122. The molecule has 1 heterocycles. The van der Waals surface area contributed by atoms with Crippen LogP contribution in [0.5, 0.6) is 0 Å². The molecule has 2 aromatic rings. The Morgan fingerprint density at radius 2 is 2.18 bits per heavy atom. The molecule has 0 saturated heterocycles. The lowest BCUT2D eigenvalue weighted by Crippen LogP contribution is -2.18. The largest absolute Gasteiger partial charge is 0.273 e. The summed E-state index contributed by atoms with van der Waals surface area (Å²) in [5.41, 5.74) is 4.43. The summed E-state index contributed by atoms with van der Waals surface area (Å²) in [5, 5.41) is 12.0. The fourth-order valence-electron chi connectivity index (χ4n) is 1.96. The van der Waals surface area contributed by atoms with Gasteiger partial charge in [0.1, 0.15) is 5.69 Å². The molecule has 1 aromatic carbocycles. The molecule has 3 rings (SSSR count). The van der Waals surface area contributed by atoms with E-state index < -0.39 is 0 Å². The van der Waals surface area contributed by atoms with Crippen LogP contribution in [0.4, 0.5) is 0 Å². The Kier molecular flexibility index (Phi) is 4.38. The van der Waals surface area contributed by atoms with E-state index in [1.165, 1.54) is 11.8 Å². The van der Waals surface area contributed by atoms with E-state index in [0.717, 1.165) is 18.5 Å². The summed E-state index contributed by atoms with van der Waals surface area (Å²) < 4.78 is 1.78. The third-order valence-electron chi connectivity index (χ3n) is 3.29. The van der Waals surface area contributed by atoms with E-state index in [2.05, 4.69) is 20.8 Å². The van der Waals surface area contributed by atoms with Crippen LogP contribution in [0, 0.1) is 5.92 Å². The first kappa shape index (κ1) is 14.2. The highest BCUT2D eigenvalue weighted by Gasteiger charge is 2.29. The smallest absolute Gasteiger partial charge is 0.243 e.